The van der Waals surface area contributed by atoms with Gasteiger partial charge in [-0.05, 0) is 19.4 Å². The average Bonchev–Trinajstić information content (AvgIpc) is 3.15. The second kappa shape index (κ2) is 6.39. The number of aliphatic hydroxyl groups excluding tert-OH is 2. The maximum atomic E-state index is 13.1. The normalized spacial score (nSPS) is 21.6. The predicted molar refractivity (Wildman–Crippen MR) is 81.5 cm³/mol. The molecule has 0 saturated carbocycles. The molecule has 0 bridgehead atoms. The number of aryl methyl sites for hydroxylation is 1. The van der Waals surface area contributed by atoms with Gasteiger partial charge in [-0.3, -0.25) is 4.79 Å². The van der Waals surface area contributed by atoms with Crippen molar-refractivity contribution in [1.82, 2.24) is 19.7 Å². The smallest absolute Gasteiger partial charge is 0.390 e. The highest BCUT2D eigenvalue weighted by atomic mass is 32.1. The molecule has 0 aliphatic carbocycles. The molecule has 0 radical (unpaired) electrons. The zero-order valence-corrected chi connectivity index (χ0v) is 13.9. The summed E-state index contributed by atoms with van der Waals surface area (Å²) in [5.41, 5.74) is -0.803. The van der Waals surface area contributed by atoms with Gasteiger partial charge in [0.1, 0.15) is 5.69 Å². The molecule has 25 heavy (non-hydrogen) atoms. The van der Waals surface area contributed by atoms with Crippen LogP contribution in [0.3, 0.4) is 0 Å². The number of aromatic nitrogens is 3. The van der Waals surface area contributed by atoms with Gasteiger partial charge in [0.25, 0.3) is 5.91 Å². The summed E-state index contributed by atoms with van der Waals surface area (Å²) in [6.07, 6.45) is -6.32. The predicted octanol–water partition coefficient (Wildman–Crippen LogP) is 1.22. The van der Waals surface area contributed by atoms with Crippen LogP contribution in [-0.4, -0.2) is 61.1 Å². The number of amides is 1. The fraction of sp³-hybridized carbons (Fsp3) is 0.500. The molecule has 0 aromatic carbocycles. The molecule has 2 aromatic rings. The lowest BCUT2D eigenvalue weighted by Crippen LogP contribution is -2.49. The van der Waals surface area contributed by atoms with Crippen LogP contribution in [0.15, 0.2) is 11.4 Å². The Balaban J connectivity index is 1.85. The number of rotatable bonds is 2. The minimum Gasteiger partial charge on any atom is -0.390 e. The van der Waals surface area contributed by atoms with E-state index < -0.39 is 30.0 Å². The van der Waals surface area contributed by atoms with Crippen molar-refractivity contribution in [3.63, 3.8) is 0 Å². The molecular formula is C14H15F3N4O3S. The first-order chi connectivity index (χ1) is 11.7. The third kappa shape index (κ3) is 3.53. The van der Waals surface area contributed by atoms with E-state index in [2.05, 4.69) is 10.1 Å². The first-order valence-electron chi connectivity index (χ1n) is 7.42. The van der Waals surface area contributed by atoms with Gasteiger partial charge in [-0.15, -0.1) is 11.3 Å². The lowest BCUT2D eigenvalue weighted by atomic mass is 10.1. The number of carbonyl (C=O) groups excluding carboxylic acids is 1. The number of nitrogens with zero attached hydrogens (tertiary/aromatic N) is 4. The summed E-state index contributed by atoms with van der Waals surface area (Å²) in [7, 11) is 0. The van der Waals surface area contributed by atoms with E-state index in [9.17, 15) is 28.2 Å². The monoisotopic (exact) mass is 376 g/mol. The standard InChI is InChI=1S/C14H15F3N4O3S/c1-7-4-11(14(15,16)17)21(19-7)13-18-8(6-25-13)12(24)20-3-2-9(22)10(23)5-20/h4,6,9-10,22-23H,2-3,5H2,1H3/t9-,10-/m0/s1. The Labute approximate surface area is 144 Å². The van der Waals surface area contributed by atoms with E-state index in [1.807, 2.05) is 0 Å². The highest BCUT2D eigenvalue weighted by Crippen LogP contribution is 2.32. The molecule has 1 aliphatic rings. The second-order valence-corrected chi connectivity index (χ2v) is 6.61. The van der Waals surface area contributed by atoms with Crippen molar-refractivity contribution in [2.45, 2.75) is 31.7 Å². The van der Waals surface area contributed by atoms with Crippen molar-refractivity contribution < 1.29 is 28.2 Å². The number of aliphatic hydroxyl groups is 2. The van der Waals surface area contributed by atoms with Crippen molar-refractivity contribution >= 4 is 17.2 Å². The third-order valence-electron chi connectivity index (χ3n) is 3.85. The lowest BCUT2D eigenvalue weighted by molar-refractivity contribution is -0.142. The molecule has 2 aromatic heterocycles. The Bertz CT molecular complexity index is 789. The van der Waals surface area contributed by atoms with Crippen LogP contribution in [0.1, 0.15) is 28.3 Å². The first-order valence-corrected chi connectivity index (χ1v) is 8.30. The molecule has 1 fully saturated rings. The van der Waals surface area contributed by atoms with E-state index in [1.54, 1.807) is 0 Å². The molecule has 3 heterocycles. The molecular weight excluding hydrogens is 361 g/mol. The Morgan fingerprint density at radius 1 is 1.36 bits per heavy atom. The van der Waals surface area contributed by atoms with Gasteiger partial charge in [0, 0.05) is 18.5 Å². The Hall–Kier alpha value is -1.98. The number of alkyl halides is 3. The fourth-order valence-corrected chi connectivity index (χ4v) is 3.33. The summed E-state index contributed by atoms with van der Waals surface area (Å²) in [4.78, 5) is 17.7. The van der Waals surface area contributed by atoms with Gasteiger partial charge in [-0.25, -0.2) is 9.67 Å². The number of piperidine rings is 1. The molecule has 3 rings (SSSR count). The molecule has 1 saturated heterocycles. The minimum absolute atomic E-state index is 0.0233. The zero-order valence-electron chi connectivity index (χ0n) is 13.1. The summed E-state index contributed by atoms with van der Waals surface area (Å²) in [6, 6.07) is 0.908. The molecule has 11 heteroatoms. The van der Waals surface area contributed by atoms with Crippen LogP contribution in [0.4, 0.5) is 13.2 Å². The van der Waals surface area contributed by atoms with Gasteiger partial charge >= 0.3 is 6.18 Å². The topological polar surface area (TPSA) is 91.5 Å². The largest absolute Gasteiger partial charge is 0.433 e. The van der Waals surface area contributed by atoms with E-state index in [-0.39, 0.29) is 36.0 Å². The lowest BCUT2D eigenvalue weighted by Gasteiger charge is -2.32. The molecule has 0 spiro atoms. The first kappa shape index (κ1) is 17.8. The molecule has 0 unspecified atom stereocenters. The van der Waals surface area contributed by atoms with Crippen LogP contribution in [-0.2, 0) is 6.18 Å². The highest BCUT2D eigenvalue weighted by molar-refractivity contribution is 7.12. The maximum Gasteiger partial charge on any atom is 0.433 e. The van der Waals surface area contributed by atoms with Crippen molar-refractivity contribution in [3.8, 4) is 5.13 Å². The van der Waals surface area contributed by atoms with Crippen LogP contribution in [0.2, 0.25) is 0 Å². The molecule has 136 valence electrons. The average molecular weight is 376 g/mol. The summed E-state index contributed by atoms with van der Waals surface area (Å²) < 4.78 is 39.9. The second-order valence-electron chi connectivity index (χ2n) is 5.77. The number of likely N-dealkylation sites (tertiary alicyclic amines) is 1. The van der Waals surface area contributed by atoms with Crippen LogP contribution in [0, 0.1) is 6.92 Å². The number of hydrogen-bond donors (Lipinski definition) is 2. The van der Waals surface area contributed by atoms with E-state index in [0.29, 0.717) is 4.68 Å². The van der Waals surface area contributed by atoms with Gasteiger partial charge in [-0.2, -0.15) is 18.3 Å². The summed E-state index contributed by atoms with van der Waals surface area (Å²) in [5, 5.41) is 24.2. The van der Waals surface area contributed by atoms with Crippen LogP contribution < -0.4 is 0 Å². The Morgan fingerprint density at radius 2 is 2.08 bits per heavy atom. The number of β-amino-alcohol motifs (C(OH)–C–C–N with tert-alkyl or cyclic N) is 1. The van der Waals surface area contributed by atoms with Crippen LogP contribution in [0.5, 0.6) is 0 Å². The Morgan fingerprint density at radius 3 is 2.72 bits per heavy atom. The number of thiazole rings is 1. The maximum absolute atomic E-state index is 13.1. The van der Waals surface area contributed by atoms with Crippen molar-refractivity contribution in [1.29, 1.82) is 0 Å². The van der Waals surface area contributed by atoms with E-state index in [1.165, 1.54) is 17.2 Å². The zero-order chi connectivity index (χ0) is 18.4. The van der Waals surface area contributed by atoms with Gasteiger partial charge in [0.05, 0.1) is 17.9 Å². The number of hydrogen-bond acceptors (Lipinski definition) is 6. The van der Waals surface area contributed by atoms with Crippen LogP contribution in [0.25, 0.3) is 5.13 Å². The SMILES string of the molecule is Cc1cc(C(F)(F)F)n(-c2nc(C(=O)N3CC[C@H](O)[C@@H](O)C3)cs2)n1. The van der Waals surface area contributed by atoms with Crippen molar-refractivity contribution in [3.05, 3.63) is 28.5 Å². The van der Waals surface area contributed by atoms with E-state index >= 15 is 0 Å². The third-order valence-corrected chi connectivity index (χ3v) is 4.66. The highest BCUT2D eigenvalue weighted by Gasteiger charge is 2.37. The summed E-state index contributed by atoms with van der Waals surface area (Å²) in [6.45, 7) is 1.62. The Kier molecular flexibility index (Phi) is 4.56. The van der Waals surface area contributed by atoms with Gasteiger partial charge in [0.15, 0.2) is 5.69 Å². The van der Waals surface area contributed by atoms with Gasteiger partial charge in [0.2, 0.25) is 5.13 Å². The fourth-order valence-electron chi connectivity index (χ4n) is 2.57. The van der Waals surface area contributed by atoms with Gasteiger partial charge in [-0.1, -0.05) is 0 Å². The molecule has 2 N–H and O–H groups in total. The summed E-state index contributed by atoms with van der Waals surface area (Å²) in [5.74, 6) is -0.508. The molecule has 1 amide bonds. The number of halogens is 3. The molecule has 2 atom stereocenters. The summed E-state index contributed by atoms with van der Waals surface area (Å²) >= 11 is 0.870. The quantitative estimate of drug-likeness (QED) is 0.823. The van der Waals surface area contributed by atoms with E-state index in [4.69, 9.17) is 0 Å². The molecule has 1 aliphatic heterocycles. The van der Waals surface area contributed by atoms with Crippen LogP contribution >= 0.6 is 11.3 Å². The minimum atomic E-state index is -4.59. The number of carbonyl (C=O) groups is 1. The van der Waals surface area contributed by atoms with Crippen molar-refractivity contribution in [2.75, 3.05) is 13.1 Å². The van der Waals surface area contributed by atoms with Gasteiger partial charge < -0.3 is 15.1 Å². The van der Waals surface area contributed by atoms with Crippen molar-refractivity contribution in [2.24, 2.45) is 0 Å². The molecule has 7 nitrogen and oxygen atoms in total. The van der Waals surface area contributed by atoms with E-state index in [0.717, 1.165) is 17.4 Å².